The van der Waals surface area contributed by atoms with Crippen LogP contribution in [0.5, 0.6) is 0 Å². The van der Waals surface area contributed by atoms with E-state index in [0.717, 1.165) is 6.54 Å². The molecule has 3 heteroatoms. The summed E-state index contributed by atoms with van der Waals surface area (Å²) in [5.74, 6) is 0.747. The molecule has 0 spiro atoms. The van der Waals surface area contributed by atoms with Gasteiger partial charge in [-0.25, -0.2) is 0 Å². The van der Waals surface area contributed by atoms with Gasteiger partial charge in [-0.15, -0.1) is 0 Å². The van der Waals surface area contributed by atoms with E-state index in [4.69, 9.17) is 10.8 Å². The first kappa shape index (κ1) is 12.3. The highest BCUT2D eigenvalue weighted by Crippen LogP contribution is 2.19. The van der Waals surface area contributed by atoms with Crippen molar-refractivity contribution in [2.24, 2.45) is 17.6 Å². The summed E-state index contributed by atoms with van der Waals surface area (Å²) in [6, 6.07) is 2.17. The number of hydrogen-bond acceptors (Lipinski definition) is 2. The van der Waals surface area contributed by atoms with Gasteiger partial charge in [0.1, 0.15) is 0 Å². The Labute approximate surface area is 91.9 Å². The van der Waals surface area contributed by atoms with E-state index >= 15 is 0 Å². The lowest BCUT2D eigenvalue weighted by molar-refractivity contribution is 0.223. The summed E-state index contributed by atoms with van der Waals surface area (Å²) in [6.45, 7) is 7.35. The van der Waals surface area contributed by atoms with Gasteiger partial charge in [-0.05, 0) is 23.5 Å². The predicted molar refractivity (Wildman–Crippen MR) is 62.4 cm³/mol. The maximum absolute atomic E-state index is 8.96. The Morgan fingerprint density at radius 3 is 2.60 bits per heavy atom. The molecule has 0 aromatic carbocycles. The summed E-state index contributed by atoms with van der Waals surface area (Å²) >= 11 is 0. The third-order valence-electron chi connectivity index (χ3n) is 2.71. The number of aliphatic hydroxyl groups is 1. The van der Waals surface area contributed by atoms with Crippen LogP contribution in [-0.4, -0.2) is 16.3 Å². The van der Waals surface area contributed by atoms with Crippen molar-refractivity contribution < 1.29 is 5.11 Å². The first-order valence-electron chi connectivity index (χ1n) is 5.56. The topological polar surface area (TPSA) is 51.2 Å². The van der Waals surface area contributed by atoms with E-state index in [0.29, 0.717) is 11.8 Å². The fraction of sp³-hybridized carbons (Fsp3) is 0.667. The minimum absolute atomic E-state index is 0.107. The lowest BCUT2D eigenvalue weighted by Gasteiger charge is -2.14. The van der Waals surface area contributed by atoms with E-state index < -0.39 is 0 Å². The van der Waals surface area contributed by atoms with E-state index in [9.17, 15) is 0 Å². The molecule has 0 saturated carbocycles. The molecule has 0 radical (unpaired) electrons. The van der Waals surface area contributed by atoms with Crippen LogP contribution in [0, 0.1) is 11.8 Å². The van der Waals surface area contributed by atoms with Gasteiger partial charge in [-0.3, -0.25) is 0 Å². The minimum atomic E-state index is 0.107. The summed E-state index contributed by atoms with van der Waals surface area (Å²) in [5.41, 5.74) is 7.23. The molecule has 1 rings (SSSR count). The van der Waals surface area contributed by atoms with Crippen LogP contribution < -0.4 is 5.73 Å². The fourth-order valence-corrected chi connectivity index (χ4v) is 1.57. The standard InChI is InChI=1S/C12H22N2O/c1-9(2)12(13)11-4-5-14(7-11)6-10(3)8-15/h4-5,7,9-10,12,15H,6,8,13H2,1-3H3. The van der Waals surface area contributed by atoms with Crippen LogP contribution in [-0.2, 0) is 6.54 Å². The lowest BCUT2D eigenvalue weighted by atomic mass is 10.00. The summed E-state index contributed by atoms with van der Waals surface area (Å²) < 4.78 is 2.10. The van der Waals surface area contributed by atoms with Crippen molar-refractivity contribution in [3.8, 4) is 0 Å². The normalized spacial score (nSPS) is 15.6. The fourth-order valence-electron chi connectivity index (χ4n) is 1.57. The zero-order chi connectivity index (χ0) is 11.4. The van der Waals surface area contributed by atoms with Gasteiger partial charge in [0.25, 0.3) is 0 Å². The second-order valence-corrected chi connectivity index (χ2v) is 4.70. The second kappa shape index (κ2) is 5.33. The number of nitrogens with zero attached hydrogens (tertiary/aromatic N) is 1. The van der Waals surface area contributed by atoms with E-state index in [2.05, 4.69) is 30.7 Å². The molecule has 3 N–H and O–H groups in total. The zero-order valence-electron chi connectivity index (χ0n) is 9.85. The monoisotopic (exact) mass is 210 g/mol. The van der Waals surface area contributed by atoms with Crippen molar-refractivity contribution in [1.29, 1.82) is 0 Å². The molecule has 0 bridgehead atoms. The van der Waals surface area contributed by atoms with E-state index in [1.165, 1.54) is 5.56 Å². The molecule has 0 amide bonds. The smallest absolute Gasteiger partial charge is 0.0473 e. The SMILES string of the molecule is CC(CO)Cn1ccc(C(N)C(C)C)c1. The Bertz CT molecular complexity index is 294. The van der Waals surface area contributed by atoms with E-state index in [1.54, 1.807) is 0 Å². The molecule has 0 aliphatic carbocycles. The van der Waals surface area contributed by atoms with Gasteiger partial charge < -0.3 is 15.4 Å². The number of aromatic nitrogens is 1. The van der Waals surface area contributed by atoms with Gasteiger partial charge in [0, 0.05) is 31.6 Å². The van der Waals surface area contributed by atoms with Crippen LogP contribution in [0.25, 0.3) is 0 Å². The quantitative estimate of drug-likeness (QED) is 0.778. The van der Waals surface area contributed by atoms with Gasteiger partial charge in [-0.2, -0.15) is 0 Å². The van der Waals surface area contributed by atoms with Crippen molar-refractivity contribution in [2.75, 3.05) is 6.61 Å². The zero-order valence-corrected chi connectivity index (χ0v) is 9.85. The first-order valence-corrected chi connectivity index (χ1v) is 5.56. The maximum atomic E-state index is 8.96. The van der Waals surface area contributed by atoms with Crippen molar-refractivity contribution in [1.82, 2.24) is 4.57 Å². The number of rotatable bonds is 5. The van der Waals surface area contributed by atoms with Gasteiger partial charge in [0.2, 0.25) is 0 Å². The highest BCUT2D eigenvalue weighted by atomic mass is 16.3. The van der Waals surface area contributed by atoms with Gasteiger partial charge in [0.15, 0.2) is 0 Å². The molecule has 0 aliphatic heterocycles. The van der Waals surface area contributed by atoms with Gasteiger partial charge >= 0.3 is 0 Å². The summed E-state index contributed by atoms with van der Waals surface area (Å²) in [6.07, 6.45) is 4.11. The largest absolute Gasteiger partial charge is 0.396 e. The van der Waals surface area contributed by atoms with Crippen LogP contribution in [0.3, 0.4) is 0 Å². The molecule has 3 nitrogen and oxygen atoms in total. The highest BCUT2D eigenvalue weighted by Gasteiger charge is 2.11. The van der Waals surface area contributed by atoms with Gasteiger partial charge in [-0.1, -0.05) is 20.8 Å². The van der Waals surface area contributed by atoms with Crippen molar-refractivity contribution in [2.45, 2.75) is 33.4 Å². The number of nitrogens with two attached hydrogens (primary N) is 1. The molecule has 0 aliphatic rings. The van der Waals surface area contributed by atoms with Crippen LogP contribution >= 0.6 is 0 Å². The van der Waals surface area contributed by atoms with Crippen molar-refractivity contribution in [3.05, 3.63) is 24.0 Å². The molecular weight excluding hydrogens is 188 g/mol. The first-order chi connectivity index (χ1) is 7.04. The summed E-state index contributed by atoms with van der Waals surface area (Å²) in [7, 11) is 0. The summed E-state index contributed by atoms with van der Waals surface area (Å²) in [4.78, 5) is 0. The molecular formula is C12H22N2O. The Hall–Kier alpha value is -0.800. The third kappa shape index (κ3) is 3.36. The molecule has 15 heavy (non-hydrogen) atoms. The molecule has 86 valence electrons. The second-order valence-electron chi connectivity index (χ2n) is 4.70. The van der Waals surface area contributed by atoms with Crippen LogP contribution in [0.4, 0.5) is 0 Å². The maximum Gasteiger partial charge on any atom is 0.0473 e. The average molecular weight is 210 g/mol. The highest BCUT2D eigenvalue weighted by molar-refractivity contribution is 5.15. The molecule has 1 aromatic heterocycles. The number of aliphatic hydroxyl groups excluding tert-OH is 1. The number of hydrogen-bond donors (Lipinski definition) is 2. The van der Waals surface area contributed by atoms with Crippen LogP contribution in [0.2, 0.25) is 0 Å². The van der Waals surface area contributed by atoms with Crippen LogP contribution in [0.1, 0.15) is 32.4 Å². The molecule has 0 saturated heterocycles. The Morgan fingerprint density at radius 1 is 1.40 bits per heavy atom. The predicted octanol–water partition coefficient (Wildman–Crippen LogP) is 1.77. The van der Waals surface area contributed by atoms with Crippen molar-refractivity contribution in [3.63, 3.8) is 0 Å². The Balaban J connectivity index is 2.63. The average Bonchev–Trinajstić information content (AvgIpc) is 2.64. The third-order valence-corrected chi connectivity index (χ3v) is 2.71. The lowest BCUT2D eigenvalue weighted by Crippen LogP contribution is -2.16. The van der Waals surface area contributed by atoms with Crippen LogP contribution in [0.15, 0.2) is 18.5 Å². The Morgan fingerprint density at radius 2 is 2.07 bits per heavy atom. The molecule has 2 unspecified atom stereocenters. The molecule has 0 fully saturated rings. The molecule has 1 aromatic rings. The van der Waals surface area contributed by atoms with Crippen molar-refractivity contribution >= 4 is 0 Å². The van der Waals surface area contributed by atoms with Gasteiger partial charge in [0.05, 0.1) is 0 Å². The molecule has 2 atom stereocenters. The minimum Gasteiger partial charge on any atom is -0.396 e. The Kier molecular flexibility index (Phi) is 4.36. The van der Waals surface area contributed by atoms with E-state index in [1.807, 2.05) is 13.1 Å². The summed E-state index contributed by atoms with van der Waals surface area (Å²) in [5, 5.41) is 8.96. The van der Waals surface area contributed by atoms with E-state index in [-0.39, 0.29) is 12.6 Å². The molecule has 1 heterocycles.